The summed E-state index contributed by atoms with van der Waals surface area (Å²) < 4.78 is 1.92. The minimum absolute atomic E-state index is 0.393. The highest BCUT2D eigenvalue weighted by atomic mass is 16.2. The lowest BCUT2D eigenvalue weighted by Gasteiger charge is -2.21. The molecule has 0 fully saturated rings. The number of benzene rings is 2. The number of rotatable bonds is 6. The highest BCUT2D eigenvalue weighted by Gasteiger charge is 2.18. The van der Waals surface area contributed by atoms with Gasteiger partial charge in [0.2, 0.25) is 0 Å². The number of carbonyl (C=O) groups is 1. The van der Waals surface area contributed by atoms with E-state index in [9.17, 15) is 4.79 Å². The van der Waals surface area contributed by atoms with Crippen molar-refractivity contribution in [3.63, 3.8) is 0 Å². The number of pyridine rings is 1. The summed E-state index contributed by atoms with van der Waals surface area (Å²) in [6.07, 6.45) is 5.74. The van der Waals surface area contributed by atoms with Crippen LogP contribution in [0.4, 0.5) is 10.5 Å². The average Bonchev–Trinajstić information content (AvgIpc) is 3.50. The van der Waals surface area contributed by atoms with Gasteiger partial charge in [-0.15, -0.1) is 0 Å². The Balaban J connectivity index is 1.60. The predicted molar refractivity (Wildman–Crippen MR) is 131 cm³/mol. The Morgan fingerprint density at radius 3 is 2.70 bits per heavy atom. The van der Waals surface area contributed by atoms with Gasteiger partial charge >= 0.3 is 6.03 Å². The molecule has 5 rings (SSSR count). The van der Waals surface area contributed by atoms with Gasteiger partial charge in [0.05, 0.1) is 6.54 Å². The van der Waals surface area contributed by atoms with E-state index in [1.54, 1.807) is 11.1 Å². The maximum absolute atomic E-state index is 12.3. The highest BCUT2D eigenvalue weighted by molar-refractivity contribution is 5.97. The van der Waals surface area contributed by atoms with E-state index in [0.717, 1.165) is 51.2 Å². The molecule has 0 saturated heterocycles. The standard InChI is InChI=1S/C26H24N6O/c1-2-31-17-23(21-11-13-28-25-22(21)12-14-29-25)24(30-31)19-9-6-10-20(15-19)32(26(27)33)16-18-7-4-3-5-8-18/h3-15,17H,2,16H2,1H3,(H2,27,33)(H,28,29). The van der Waals surface area contributed by atoms with Gasteiger partial charge in [0.25, 0.3) is 0 Å². The zero-order valence-electron chi connectivity index (χ0n) is 18.3. The van der Waals surface area contributed by atoms with Crippen molar-refractivity contribution < 1.29 is 4.79 Å². The topological polar surface area (TPSA) is 92.8 Å². The molecule has 0 aliphatic heterocycles. The van der Waals surface area contributed by atoms with Crippen LogP contribution in [-0.2, 0) is 13.1 Å². The molecule has 0 aliphatic rings. The fourth-order valence-electron chi connectivity index (χ4n) is 4.07. The third-order valence-corrected chi connectivity index (χ3v) is 5.72. The largest absolute Gasteiger partial charge is 0.351 e. The summed E-state index contributed by atoms with van der Waals surface area (Å²) >= 11 is 0. The summed E-state index contributed by atoms with van der Waals surface area (Å²) in [7, 11) is 0. The zero-order valence-corrected chi connectivity index (χ0v) is 18.3. The number of nitrogens with one attached hydrogen (secondary N) is 1. The molecular formula is C26H24N6O. The number of hydrogen-bond donors (Lipinski definition) is 2. The number of anilines is 1. The molecule has 0 spiro atoms. The molecule has 3 aromatic heterocycles. The Hall–Kier alpha value is -4.39. The van der Waals surface area contributed by atoms with Crippen LogP contribution in [0.1, 0.15) is 12.5 Å². The Bertz CT molecular complexity index is 1420. The van der Waals surface area contributed by atoms with Crippen molar-refractivity contribution in [1.29, 1.82) is 0 Å². The molecule has 33 heavy (non-hydrogen) atoms. The number of aromatic amines is 1. The molecule has 3 heterocycles. The molecule has 0 atom stereocenters. The van der Waals surface area contributed by atoms with Crippen LogP contribution in [0.5, 0.6) is 0 Å². The number of nitrogens with two attached hydrogens (primary N) is 1. The summed E-state index contributed by atoms with van der Waals surface area (Å²) in [6, 6.07) is 21.1. The van der Waals surface area contributed by atoms with Crippen LogP contribution in [0.25, 0.3) is 33.4 Å². The van der Waals surface area contributed by atoms with Gasteiger partial charge in [-0.2, -0.15) is 5.10 Å². The fourth-order valence-corrected chi connectivity index (χ4v) is 4.07. The van der Waals surface area contributed by atoms with Crippen LogP contribution in [0.15, 0.2) is 85.3 Å². The van der Waals surface area contributed by atoms with Gasteiger partial charge in [0, 0.05) is 47.3 Å². The van der Waals surface area contributed by atoms with E-state index in [4.69, 9.17) is 10.8 Å². The first kappa shape index (κ1) is 20.5. The number of primary amides is 1. The highest BCUT2D eigenvalue weighted by Crippen LogP contribution is 2.36. The smallest absolute Gasteiger partial charge is 0.319 e. The van der Waals surface area contributed by atoms with E-state index in [0.29, 0.717) is 6.54 Å². The quantitative estimate of drug-likeness (QED) is 0.383. The molecule has 0 saturated carbocycles. The van der Waals surface area contributed by atoms with Crippen LogP contribution in [-0.4, -0.2) is 25.8 Å². The van der Waals surface area contributed by atoms with E-state index in [-0.39, 0.29) is 0 Å². The van der Waals surface area contributed by atoms with Gasteiger partial charge in [0.15, 0.2) is 0 Å². The van der Waals surface area contributed by atoms with Crippen molar-refractivity contribution in [3.8, 4) is 22.4 Å². The third kappa shape index (κ3) is 3.96. The molecular weight excluding hydrogens is 412 g/mol. The lowest BCUT2D eigenvalue weighted by atomic mass is 10.00. The molecule has 3 N–H and O–H groups in total. The minimum atomic E-state index is -0.501. The number of aryl methyl sites for hydroxylation is 1. The Labute approximate surface area is 191 Å². The molecule has 2 aromatic carbocycles. The number of nitrogens with zero attached hydrogens (tertiary/aromatic N) is 4. The van der Waals surface area contributed by atoms with Gasteiger partial charge in [-0.1, -0.05) is 42.5 Å². The lowest BCUT2D eigenvalue weighted by Crippen LogP contribution is -2.35. The van der Waals surface area contributed by atoms with E-state index < -0.39 is 6.03 Å². The number of H-pyrrole nitrogens is 1. The van der Waals surface area contributed by atoms with Gasteiger partial charge in [-0.25, -0.2) is 9.78 Å². The zero-order chi connectivity index (χ0) is 22.8. The Kier molecular flexibility index (Phi) is 5.36. The van der Waals surface area contributed by atoms with Crippen LogP contribution in [0.3, 0.4) is 0 Å². The summed E-state index contributed by atoms with van der Waals surface area (Å²) in [5.41, 5.74) is 12.1. The second kappa shape index (κ2) is 8.63. The summed E-state index contributed by atoms with van der Waals surface area (Å²) in [6.45, 7) is 3.20. The predicted octanol–water partition coefficient (Wildman–Crippen LogP) is 5.20. The fraction of sp³-hybridized carbons (Fsp3) is 0.115. The van der Waals surface area contributed by atoms with Gasteiger partial charge in [-0.3, -0.25) is 9.58 Å². The van der Waals surface area contributed by atoms with Gasteiger partial charge in [-0.05, 0) is 42.3 Å². The first-order chi connectivity index (χ1) is 16.1. The second-order valence-corrected chi connectivity index (χ2v) is 7.81. The van der Waals surface area contributed by atoms with Crippen molar-refractivity contribution in [2.75, 3.05) is 4.90 Å². The third-order valence-electron chi connectivity index (χ3n) is 5.72. The van der Waals surface area contributed by atoms with Gasteiger partial charge < -0.3 is 10.7 Å². The molecule has 2 amide bonds. The lowest BCUT2D eigenvalue weighted by molar-refractivity contribution is 0.253. The monoisotopic (exact) mass is 436 g/mol. The van der Waals surface area contributed by atoms with Gasteiger partial charge in [0.1, 0.15) is 11.3 Å². The van der Waals surface area contributed by atoms with E-state index in [1.165, 1.54) is 0 Å². The first-order valence-corrected chi connectivity index (χ1v) is 10.9. The summed E-state index contributed by atoms with van der Waals surface area (Å²) in [5.74, 6) is 0. The van der Waals surface area contributed by atoms with Crippen LogP contribution < -0.4 is 10.6 Å². The van der Waals surface area contributed by atoms with Crippen molar-refractivity contribution in [2.45, 2.75) is 20.0 Å². The van der Waals surface area contributed by atoms with E-state index in [1.807, 2.05) is 77.6 Å². The van der Waals surface area contributed by atoms with Crippen LogP contribution >= 0.6 is 0 Å². The summed E-state index contributed by atoms with van der Waals surface area (Å²) in [5, 5.41) is 5.88. The molecule has 7 heteroatoms. The van der Waals surface area contributed by atoms with Crippen LogP contribution in [0.2, 0.25) is 0 Å². The Morgan fingerprint density at radius 2 is 1.91 bits per heavy atom. The maximum Gasteiger partial charge on any atom is 0.319 e. The van der Waals surface area contributed by atoms with Crippen molar-refractivity contribution in [1.82, 2.24) is 19.7 Å². The SMILES string of the molecule is CCn1cc(-c2ccnc3[nH]ccc23)c(-c2cccc(N(Cc3ccccc3)C(N)=O)c2)n1. The molecule has 0 aliphatic carbocycles. The molecule has 7 nitrogen and oxygen atoms in total. The molecule has 0 radical (unpaired) electrons. The Morgan fingerprint density at radius 1 is 1.06 bits per heavy atom. The number of fused-ring (bicyclic) bond motifs is 1. The molecule has 164 valence electrons. The first-order valence-electron chi connectivity index (χ1n) is 10.9. The number of amides is 2. The van der Waals surface area contributed by atoms with Crippen molar-refractivity contribution in [3.05, 3.63) is 90.9 Å². The number of carbonyl (C=O) groups excluding carboxylic acids is 1. The molecule has 0 unspecified atom stereocenters. The number of aromatic nitrogens is 4. The van der Waals surface area contributed by atoms with Crippen LogP contribution in [0, 0.1) is 0 Å². The number of hydrogen-bond acceptors (Lipinski definition) is 3. The molecule has 0 bridgehead atoms. The molecule has 5 aromatic rings. The van der Waals surface area contributed by atoms with Crippen molar-refractivity contribution >= 4 is 22.8 Å². The average molecular weight is 437 g/mol. The minimum Gasteiger partial charge on any atom is -0.351 e. The van der Waals surface area contributed by atoms with Crippen molar-refractivity contribution in [2.24, 2.45) is 5.73 Å². The maximum atomic E-state index is 12.3. The normalized spacial score (nSPS) is 11.1. The second-order valence-electron chi connectivity index (χ2n) is 7.81. The summed E-state index contributed by atoms with van der Waals surface area (Å²) in [4.78, 5) is 21.5. The number of urea groups is 1. The van der Waals surface area contributed by atoms with E-state index in [2.05, 4.69) is 23.1 Å². The van der Waals surface area contributed by atoms with E-state index >= 15 is 0 Å².